The summed E-state index contributed by atoms with van der Waals surface area (Å²) in [6.07, 6.45) is 1.06. The molecule has 122 valence electrons. The molecule has 0 aliphatic heterocycles. The molecular formula is C17H15ClF2O2S. The minimum atomic E-state index is -3.90. The molecule has 0 N–H and O–H groups in total. The van der Waals surface area contributed by atoms with Crippen molar-refractivity contribution in [2.75, 3.05) is 0 Å². The minimum Gasteiger partial charge on any atom is -0.223 e. The number of hydrogen-bond acceptors (Lipinski definition) is 2. The molecule has 0 amide bonds. The Balaban J connectivity index is 2.25. The van der Waals surface area contributed by atoms with Crippen molar-refractivity contribution in [3.63, 3.8) is 0 Å². The normalized spacial score (nSPS) is 21.0. The van der Waals surface area contributed by atoms with Gasteiger partial charge in [-0.25, -0.2) is 17.2 Å². The lowest BCUT2D eigenvalue weighted by Gasteiger charge is -2.35. The van der Waals surface area contributed by atoms with Crippen LogP contribution >= 0.6 is 11.6 Å². The van der Waals surface area contributed by atoms with Crippen molar-refractivity contribution in [1.82, 2.24) is 0 Å². The van der Waals surface area contributed by atoms with Gasteiger partial charge >= 0.3 is 0 Å². The van der Waals surface area contributed by atoms with Gasteiger partial charge in [0.05, 0.1) is 4.90 Å². The maximum atomic E-state index is 14.4. The van der Waals surface area contributed by atoms with E-state index in [1.165, 1.54) is 31.2 Å². The largest absolute Gasteiger partial charge is 0.223 e. The van der Waals surface area contributed by atoms with E-state index in [2.05, 4.69) is 0 Å². The van der Waals surface area contributed by atoms with E-state index in [1.54, 1.807) is 0 Å². The van der Waals surface area contributed by atoms with Crippen LogP contribution in [0.1, 0.15) is 30.9 Å². The van der Waals surface area contributed by atoms with Crippen LogP contribution in [0, 0.1) is 11.6 Å². The van der Waals surface area contributed by atoms with Gasteiger partial charge in [0.25, 0.3) is 0 Å². The standard InChI is InChI=1S/C17H15ClF2O2S/c1-17(23(21,22)12-6-4-11(18)5-7-12)10-2-3-13-14(19)8-9-15(20)16(13)17/h4-9H,2-3,10H2,1H3. The zero-order valence-electron chi connectivity index (χ0n) is 12.4. The second-order valence-electron chi connectivity index (χ2n) is 5.92. The van der Waals surface area contributed by atoms with Crippen molar-refractivity contribution >= 4 is 21.4 Å². The fourth-order valence-corrected chi connectivity index (χ4v) is 5.32. The average molecular weight is 357 g/mol. The Morgan fingerprint density at radius 3 is 2.30 bits per heavy atom. The van der Waals surface area contributed by atoms with Crippen LogP contribution in [0.25, 0.3) is 0 Å². The van der Waals surface area contributed by atoms with Crippen LogP contribution in [0.3, 0.4) is 0 Å². The number of hydrogen-bond donors (Lipinski definition) is 0. The van der Waals surface area contributed by atoms with E-state index in [4.69, 9.17) is 11.6 Å². The maximum Gasteiger partial charge on any atom is 0.188 e. The van der Waals surface area contributed by atoms with E-state index in [9.17, 15) is 17.2 Å². The Morgan fingerprint density at radius 2 is 1.65 bits per heavy atom. The lowest BCUT2D eigenvalue weighted by atomic mass is 9.82. The third-order valence-corrected chi connectivity index (χ3v) is 7.27. The number of sulfone groups is 1. The van der Waals surface area contributed by atoms with E-state index >= 15 is 0 Å². The molecule has 2 aromatic rings. The van der Waals surface area contributed by atoms with Gasteiger partial charge < -0.3 is 0 Å². The quantitative estimate of drug-likeness (QED) is 0.785. The van der Waals surface area contributed by atoms with E-state index < -0.39 is 26.2 Å². The topological polar surface area (TPSA) is 34.1 Å². The second-order valence-corrected chi connectivity index (χ2v) is 8.74. The van der Waals surface area contributed by atoms with Crippen molar-refractivity contribution < 1.29 is 17.2 Å². The molecule has 1 atom stereocenters. The molecular weight excluding hydrogens is 342 g/mol. The third-order valence-electron chi connectivity index (χ3n) is 4.53. The van der Waals surface area contributed by atoms with E-state index in [0.717, 1.165) is 12.1 Å². The zero-order valence-corrected chi connectivity index (χ0v) is 14.0. The van der Waals surface area contributed by atoms with Crippen molar-refractivity contribution in [2.24, 2.45) is 0 Å². The number of benzene rings is 2. The molecule has 23 heavy (non-hydrogen) atoms. The van der Waals surface area contributed by atoms with Gasteiger partial charge in [-0.15, -0.1) is 0 Å². The van der Waals surface area contributed by atoms with Crippen LogP contribution in [0.15, 0.2) is 41.3 Å². The first-order valence-electron chi connectivity index (χ1n) is 7.25. The van der Waals surface area contributed by atoms with Gasteiger partial charge in [0.1, 0.15) is 16.4 Å². The van der Waals surface area contributed by atoms with Gasteiger partial charge in [0.15, 0.2) is 9.84 Å². The lowest BCUT2D eigenvalue weighted by Crippen LogP contribution is -2.38. The maximum absolute atomic E-state index is 14.4. The summed E-state index contributed by atoms with van der Waals surface area (Å²) >= 11 is 5.80. The summed E-state index contributed by atoms with van der Waals surface area (Å²) in [4.78, 5) is 0.0564. The van der Waals surface area contributed by atoms with Crippen molar-refractivity contribution in [2.45, 2.75) is 35.8 Å². The molecule has 0 saturated heterocycles. The summed E-state index contributed by atoms with van der Waals surface area (Å²) in [5, 5.41) is 0.412. The van der Waals surface area contributed by atoms with Gasteiger partial charge in [0, 0.05) is 10.6 Å². The molecule has 3 rings (SSSR count). The van der Waals surface area contributed by atoms with Crippen LogP contribution < -0.4 is 0 Å². The Kier molecular flexibility index (Phi) is 3.97. The highest BCUT2D eigenvalue weighted by Crippen LogP contribution is 2.46. The molecule has 0 saturated carbocycles. The van der Waals surface area contributed by atoms with Gasteiger partial charge in [0.2, 0.25) is 0 Å². The molecule has 0 spiro atoms. The molecule has 0 aromatic heterocycles. The first-order valence-corrected chi connectivity index (χ1v) is 9.11. The minimum absolute atomic E-state index is 0.0429. The fourth-order valence-electron chi connectivity index (χ4n) is 3.28. The molecule has 0 radical (unpaired) electrons. The average Bonchev–Trinajstić information content (AvgIpc) is 2.51. The fraction of sp³-hybridized carbons (Fsp3) is 0.294. The highest BCUT2D eigenvalue weighted by atomic mass is 35.5. The highest BCUT2D eigenvalue weighted by molar-refractivity contribution is 7.92. The van der Waals surface area contributed by atoms with E-state index in [1.807, 2.05) is 0 Å². The Hall–Kier alpha value is -1.46. The summed E-state index contributed by atoms with van der Waals surface area (Å²) in [6, 6.07) is 7.79. The smallest absolute Gasteiger partial charge is 0.188 e. The molecule has 2 nitrogen and oxygen atoms in total. The number of halogens is 3. The first kappa shape index (κ1) is 16.4. The molecule has 1 aliphatic rings. The zero-order chi connectivity index (χ0) is 16.8. The monoisotopic (exact) mass is 356 g/mol. The molecule has 0 fully saturated rings. The Labute approximate surface area is 139 Å². The predicted octanol–water partition coefficient (Wildman–Crippen LogP) is 4.64. The summed E-state index contributed by atoms with van der Waals surface area (Å²) < 4.78 is 53.2. The molecule has 2 aromatic carbocycles. The molecule has 6 heteroatoms. The van der Waals surface area contributed by atoms with Gasteiger partial charge in [-0.3, -0.25) is 0 Å². The summed E-state index contributed by atoms with van der Waals surface area (Å²) in [5.41, 5.74) is 0.120. The third kappa shape index (κ3) is 2.46. The lowest BCUT2D eigenvalue weighted by molar-refractivity contribution is 0.445. The van der Waals surface area contributed by atoms with Crippen molar-refractivity contribution in [1.29, 1.82) is 0 Å². The van der Waals surface area contributed by atoms with E-state index in [0.29, 0.717) is 17.9 Å². The van der Waals surface area contributed by atoms with Crippen molar-refractivity contribution in [3.05, 3.63) is 64.2 Å². The Morgan fingerprint density at radius 1 is 1.04 bits per heavy atom. The number of rotatable bonds is 2. The molecule has 0 heterocycles. The Bertz CT molecular complexity index is 863. The van der Waals surface area contributed by atoms with Crippen LogP contribution in [0.5, 0.6) is 0 Å². The van der Waals surface area contributed by atoms with Gasteiger partial charge in [-0.1, -0.05) is 11.6 Å². The van der Waals surface area contributed by atoms with Crippen molar-refractivity contribution in [3.8, 4) is 0 Å². The first-order chi connectivity index (χ1) is 10.8. The second kappa shape index (κ2) is 5.56. The van der Waals surface area contributed by atoms with Crippen LogP contribution in [-0.4, -0.2) is 8.42 Å². The van der Waals surface area contributed by atoms with Crippen LogP contribution in [0.4, 0.5) is 8.78 Å². The molecule has 1 aliphatic carbocycles. The molecule has 0 bridgehead atoms. The van der Waals surface area contributed by atoms with Gasteiger partial charge in [-0.05, 0) is 68.1 Å². The summed E-state index contributed by atoms with van der Waals surface area (Å²) in [5.74, 6) is -1.24. The SMILES string of the molecule is CC1(S(=O)(=O)c2ccc(Cl)cc2)CCCc2c(F)ccc(F)c21. The summed E-state index contributed by atoms with van der Waals surface area (Å²) in [6.45, 7) is 1.47. The summed E-state index contributed by atoms with van der Waals surface area (Å²) in [7, 11) is -3.90. The van der Waals surface area contributed by atoms with Gasteiger partial charge in [-0.2, -0.15) is 0 Å². The highest BCUT2D eigenvalue weighted by Gasteiger charge is 2.47. The van der Waals surface area contributed by atoms with Crippen LogP contribution in [-0.2, 0) is 21.0 Å². The number of fused-ring (bicyclic) bond motifs is 1. The molecule has 1 unspecified atom stereocenters. The predicted molar refractivity (Wildman–Crippen MR) is 85.3 cm³/mol. The van der Waals surface area contributed by atoms with Crippen LogP contribution in [0.2, 0.25) is 5.02 Å². The van der Waals surface area contributed by atoms with E-state index in [-0.39, 0.29) is 22.4 Å².